The summed E-state index contributed by atoms with van der Waals surface area (Å²) < 4.78 is 26.6. The fourth-order valence-electron chi connectivity index (χ4n) is 1.34. The number of nitrogens with two attached hydrogens (primary N) is 1. The van der Waals surface area contributed by atoms with Gasteiger partial charge < -0.3 is 5.73 Å². The summed E-state index contributed by atoms with van der Waals surface area (Å²) in [6.45, 7) is 0. The fourth-order valence-corrected chi connectivity index (χ4v) is 3.26. The van der Waals surface area contributed by atoms with Crippen molar-refractivity contribution in [3.63, 3.8) is 0 Å². The van der Waals surface area contributed by atoms with Gasteiger partial charge in [0.25, 0.3) is 10.0 Å². The van der Waals surface area contributed by atoms with E-state index < -0.39 is 10.0 Å². The van der Waals surface area contributed by atoms with E-state index in [1.165, 1.54) is 24.4 Å². The van der Waals surface area contributed by atoms with Crippen molar-refractivity contribution in [1.29, 1.82) is 0 Å². The van der Waals surface area contributed by atoms with Gasteiger partial charge in [-0.15, -0.1) is 0 Å². The number of aromatic nitrogens is 2. The largest absolute Gasteiger partial charge is 0.396 e. The Bertz CT molecular complexity index is 767. The summed E-state index contributed by atoms with van der Waals surface area (Å²) in [4.78, 5) is 7.15. The van der Waals surface area contributed by atoms with Gasteiger partial charge in [0.05, 0.1) is 15.7 Å². The maximum atomic E-state index is 12.2. The Kier molecular flexibility index (Phi) is 4.24. The van der Waals surface area contributed by atoms with E-state index in [1.54, 1.807) is 0 Å². The van der Waals surface area contributed by atoms with E-state index in [-0.39, 0.29) is 31.7 Å². The molecule has 2 aromatic rings. The van der Waals surface area contributed by atoms with Crippen molar-refractivity contribution in [3.05, 3.63) is 39.7 Å². The van der Waals surface area contributed by atoms with Crippen molar-refractivity contribution < 1.29 is 8.42 Å². The average Bonchev–Trinajstić information content (AvgIpc) is 2.35. The number of benzene rings is 1. The molecular formula is C10H7Cl3N4O2S. The molecule has 0 aliphatic heterocycles. The molecule has 0 saturated carbocycles. The van der Waals surface area contributed by atoms with Crippen molar-refractivity contribution >= 4 is 56.3 Å². The molecule has 1 aromatic carbocycles. The summed E-state index contributed by atoms with van der Waals surface area (Å²) in [5.41, 5.74) is 5.58. The second-order valence-electron chi connectivity index (χ2n) is 3.59. The second-order valence-corrected chi connectivity index (χ2v) is 6.36. The number of hydrogen-bond donors (Lipinski definition) is 2. The second kappa shape index (κ2) is 5.61. The first-order valence-electron chi connectivity index (χ1n) is 5.06. The van der Waals surface area contributed by atoms with E-state index in [1.807, 2.05) is 0 Å². The maximum absolute atomic E-state index is 12.2. The van der Waals surface area contributed by atoms with E-state index in [9.17, 15) is 8.42 Å². The summed E-state index contributed by atoms with van der Waals surface area (Å²) in [6, 6.07) is 3.92. The van der Waals surface area contributed by atoms with Crippen LogP contribution in [-0.2, 0) is 10.0 Å². The lowest BCUT2D eigenvalue weighted by Gasteiger charge is -2.10. The highest BCUT2D eigenvalue weighted by Crippen LogP contribution is 2.33. The van der Waals surface area contributed by atoms with E-state index in [0.29, 0.717) is 0 Å². The van der Waals surface area contributed by atoms with Gasteiger partial charge in [-0.25, -0.2) is 13.4 Å². The summed E-state index contributed by atoms with van der Waals surface area (Å²) in [6.07, 6.45) is 1.31. The van der Waals surface area contributed by atoms with Crippen LogP contribution in [0.5, 0.6) is 0 Å². The maximum Gasteiger partial charge on any atom is 0.264 e. The molecule has 1 aromatic heterocycles. The van der Waals surface area contributed by atoms with Gasteiger partial charge in [0, 0.05) is 6.20 Å². The first kappa shape index (κ1) is 15.1. The van der Waals surface area contributed by atoms with Crippen LogP contribution in [0.15, 0.2) is 29.3 Å². The molecule has 0 radical (unpaired) electrons. The smallest absolute Gasteiger partial charge is 0.264 e. The van der Waals surface area contributed by atoms with Gasteiger partial charge in [-0.1, -0.05) is 23.2 Å². The van der Waals surface area contributed by atoms with E-state index >= 15 is 0 Å². The summed E-state index contributed by atoms with van der Waals surface area (Å²) >= 11 is 17.2. The predicted molar refractivity (Wildman–Crippen MR) is 78.7 cm³/mol. The molecule has 20 heavy (non-hydrogen) atoms. The zero-order valence-corrected chi connectivity index (χ0v) is 12.7. The molecule has 10 heteroatoms. The predicted octanol–water partition coefficient (Wildman–Crippen LogP) is 2.82. The molecule has 1 heterocycles. The Hall–Kier alpha value is -1.28. The van der Waals surface area contributed by atoms with Crippen LogP contribution in [0.25, 0.3) is 0 Å². The Labute approximate surface area is 129 Å². The molecular weight excluding hydrogens is 347 g/mol. The Morgan fingerprint density at radius 2 is 1.85 bits per heavy atom. The molecule has 0 saturated heterocycles. The zero-order valence-electron chi connectivity index (χ0n) is 9.64. The number of nitrogens with one attached hydrogen (secondary N) is 1. The summed E-state index contributed by atoms with van der Waals surface area (Å²) in [5.74, 6) is 0.00888. The highest BCUT2D eigenvalue weighted by atomic mass is 35.5. The molecule has 0 amide bonds. The molecule has 2 rings (SSSR count). The van der Waals surface area contributed by atoms with Crippen molar-refractivity contribution in [2.45, 2.75) is 4.90 Å². The van der Waals surface area contributed by atoms with Crippen LogP contribution in [0.1, 0.15) is 0 Å². The highest BCUT2D eigenvalue weighted by Gasteiger charge is 2.21. The van der Waals surface area contributed by atoms with Crippen LogP contribution < -0.4 is 10.5 Å². The first-order chi connectivity index (χ1) is 9.31. The minimum Gasteiger partial charge on any atom is -0.396 e. The topological polar surface area (TPSA) is 98.0 Å². The van der Waals surface area contributed by atoms with Crippen LogP contribution >= 0.6 is 34.8 Å². The lowest BCUT2D eigenvalue weighted by molar-refractivity contribution is 0.601. The van der Waals surface area contributed by atoms with Crippen LogP contribution in [0.3, 0.4) is 0 Å². The number of nitrogen functional groups attached to an aromatic ring is 1. The number of hydrogen-bond acceptors (Lipinski definition) is 5. The van der Waals surface area contributed by atoms with Gasteiger partial charge in [0.2, 0.25) is 5.28 Å². The lowest BCUT2D eigenvalue weighted by Crippen LogP contribution is -2.15. The zero-order chi connectivity index (χ0) is 14.9. The molecule has 0 aliphatic carbocycles. The van der Waals surface area contributed by atoms with Gasteiger partial charge in [-0.3, -0.25) is 4.72 Å². The number of rotatable bonds is 3. The number of halogens is 3. The van der Waals surface area contributed by atoms with Gasteiger partial charge in [0.15, 0.2) is 0 Å². The Morgan fingerprint density at radius 1 is 1.15 bits per heavy atom. The van der Waals surface area contributed by atoms with E-state index in [0.717, 1.165) is 0 Å². The Balaban J connectivity index is 2.44. The van der Waals surface area contributed by atoms with Gasteiger partial charge in [-0.05, 0) is 29.8 Å². The molecule has 0 atom stereocenters. The molecule has 6 nitrogen and oxygen atoms in total. The molecule has 0 bridgehead atoms. The standard InChI is InChI=1S/C10H7Cl3N4O2S/c11-5-1-2-6(8(12)9(5)14)20(18,19)17-7-3-4-15-10(13)16-7/h1-4H,14H2,(H,15,16,17). The SMILES string of the molecule is Nc1c(Cl)ccc(S(=O)(=O)Nc2ccnc(Cl)n2)c1Cl. The molecule has 0 fully saturated rings. The Morgan fingerprint density at radius 3 is 2.50 bits per heavy atom. The van der Waals surface area contributed by atoms with Crippen molar-refractivity contribution in [3.8, 4) is 0 Å². The van der Waals surface area contributed by atoms with Gasteiger partial charge >= 0.3 is 0 Å². The first-order valence-corrected chi connectivity index (χ1v) is 7.68. The fraction of sp³-hybridized carbons (Fsp3) is 0. The number of sulfonamides is 1. The molecule has 0 aliphatic rings. The third-order valence-electron chi connectivity index (χ3n) is 2.25. The van der Waals surface area contributed by atoms with Crippen molar-refractivity contribution in [2.75, 3.05) is 10.5 Å². The monoisotopic (exact) mass is 352 g/mol. The van der Waals surface area contributed by atoms with Crippen LogP contribution in [0, 0.1) is 0 Å². The minimum atomic E-state index is -3.97. The third-order valence-corrected chi connectivity index (χ3v) is 4.67. The van der Waals surface area contributed by atoms with E-state index in [2.05, 4.69) is 14.7 Å². The van der Waals surface area contributed by atoms with Gasteiger partial charge in [-0.2, -0.15) is 4.98 Å². The van der Waals surface area contributed by atoms with Gasteiger partial charge in [0.1, 0.15) is 10.7 Å². The highest BCUT2D eigenvalue weighted by molar-refractivity contribution is 7.92. The number of nitrogens with zero attached hydrogens (tertiary/aromatic N) is 2. The number of anilines is 2. The molecule has 0 unspecified atom stereocenters. The minimum absolute atomic E-state index is 0.00888. The average molecular weight is 354 g/mol. The molecule has 106 valence electrons. The van der Waals surface area contributed by atoms with Crippen molar-refractivity contribution in [1.82, 2.24) is 9.97 Å². The van der Waals surface area contributed by atoms with Crippen LogP contribution in [0.4, 0.5) is 11.5 Å². The van der Waals surface area contributed by atoms with Crippen LogP contribution in [-0.4, -0.2) is 18.4 Å². The summed E-state index contributed by atoms with van der Waals surface area (Å²) in [5, 5.41) is -0.0869. The lowest BCUT2D eigenvalue weighted by atomic mass is 10.3. The molecule has 3 N–H and O–H groups in total. The summed E-state index contributed by atoms with van der Waals surface area (Å²) in [7, 11) is -3.97. The van der Waals surface area contributed by atoms with E-state index in [4.69, 9.17) is 40.5 Å². The van der Waals surface area contributed by atoms with Crippen molar-refractivity contribution in [2.24, 2.45) is 0 Å². The third kappa shape index (κ3) is 3.06. The quantitative estimate of drug-likeness (QED) is 0.653. The van der Waals surface area contributed by atoms with Crippen LogP contribution in [0.2, 0.25) is 15.3 Å². The normalized spacial score (nSPS) is 11.3. The molecule has 0 spiro atoms.